The number of hydrogen-bond acceptors (Lipinski definition) is 4. The average Bonchev–Trinajstić information content (AvgIpc) is 2.46. The molecule has 0 fully saturated rings. The molecule has 0 atom stereocenters. The van der Waals surface area contributed by atoms with Gasteiger partial charge in [-0.25, -0.2) is 0 Å². The molecule has 0 bridgehead atoms. The smallest absolute Gasteiger partial charge is 0.497 e. The highest BCUT2D eigenvalue weighted by molar-refractivity contribution is 6.60. The maximum absolute atomic E-state index is 5.85. The van der Waals surface area contributed by atoms with Crippen LogP contribution < -0.4 is 4.74 Å². The fourth-order valence-electron chi connectivity index (χ4n) is 2.13. The van der Waals surface area contributed by atoms with Crippen LogP contribution in [0.15, 0.2) is 24.3 Å². The van der Waals surface area contributed by atoms with Crippen LogP contribution in [0.5, 0.6) is 5.75 Å². The minimum Gasteiger partial charge on any atom is -0.497 e. The van der Waals surface area contributed by atoms with Gasteiger partial charge in [0.1, 0.15) is 5.75 Å². The molecule has 0 heterocycles. The summed E-state index contributed by atoms with van der Waals surface area (Å²) in [7, 11) is -0.867. The van der Waals surface area contributed by atoms with Gasteiger partial charge in [0.2, 0.25) is 0 Å². The molecule has 0 N–H and O–H groups in total. The Hall–Kier alpha value is -0.883. The second-order valence-corrected chi connectivity index (χ2v) is 7.07. The maximum atomic E-state index is 5.85. The summed E-state index contributed by atoms with van der Waals surface area (Å²) < 4.78 is 22.8. The SMILES string of the molecule is CCO[Si](CCc1cccc(OC)c1)(OCC)OCC. The summed E-state index contributed by atoms with van der Waals surface area (Å²) in [6.07, 6.45) is 0.865. The van der Waals surface area contributed by atoms with Crippen molar-refractivity contribution in [3.05, 3.63) is 29.8 Å². The number of aryl methyl sites for hydroxylation is 1. The van der Waals surface area contributed by atoms with Crippen molar-refractivity contribution < 1.29 is 18.0 Å². The quantitative estimate of drug-likeness (QED) is 0.621. The zero-order valence-electron chi connectivity index (χ0n) is 13.0. The Labute approximate surface area is 123 Å². The first-order valence-corrected chi connectivity index (χ1v) is 9.17. The molecule has 0 saturated heterocycles. The van der Waals surface area contributed by atoms with Crippen LogP contribution >= 0.6 is 0 Å². The van der Waals surface area contributed by atoms with E-state index in [0.717, 1.165) is 18.2 Å². The van der Waals surface area contributed by atoms with Gasteiger partial charge in [0.25, 0.3) is 0 Å². The third kappa shape index (κ3) is 5.24. The van der Waals surface area contributed by atoms with E-state index in [0.29, 0.717) is 19.8 Å². The van der Waals surface area contributed by atoms with Gasteiger partial charge in [-0.3, -0.25) is 0 Å². The fourth-order valence-corrected chi connectivity index (χ4v) is 4.72. The zero-order valence-corrected chi connectivity index (χ0v) is 14.0. The number of benzene rings is 1. The zero-order chi connectivity index (χ0) is 14.8. The highest BCUT2D eigenvalue weighted by atomic mass is 28.4. The van der Waals surface area contributed by atoms with Crippen molar-refractivity contribution in [2.75, 3.05) is 26.9 Å². The van der Waals surface area contributed by atoms with Gasteiger partial charge in [-0.05, 0) is 44.9 Å². The van der Waals surface area contributed by atoms with E-state index in [-0.39, 0.29) is 0 Å². The average molecular weight is 298 g/mol. The van der Waals surface area contributed by atoms with E-state index in [4.69, 9.17) is 18.0 Å². The molecule has 0 aliphatic rings. The van der Waals surface area contributed by atoms with E-state index >= 15 is 0 Å². The summed E-state index contributed by atoms with van der Waals surface area (Å²) in [5, 5.41) is 0. The van der Waals surface area contributed by atoms with Crippen LogP contribution in [0.3, 0.4) is 0 Å². The van der Waals surface area contributed by atoms with E-state index < -0.39 is 8.80 Å². The molecule has 0 aliphatic heterocycles. The lowest BCUT2D eigenvalue weighted by Gasteiger charge is -2.28. The Balaban J connectivity index is 2.72. The molecular weight excluding hydrogens is 272 g/mol. The summed E-state index contributed by atoms with van der Waals surface area (Å²) in [6, 6.07) is 8.87. The molecule has 0 unspecified atom stereocenters. The van der Waals surface area contributed by atoms with Crippen LogP contribution in [-0.2, 0) is 19.7 Å². The number of ether oxygens (including phenoxy) is 1. The Kier molecular flexibility index (Phi) is 7.83. The van der Waals surface area contributed by atoms with Crippen LogP contribution in [-0.4, -0.2) is 35.7 Å². The van der Waals surface area contributed by atoms with Gasteiger partial charge in [-0.1, -0.05) is 12.1 Å². The van der Waals surface area contributed by atoms with Crippen molar-refractivity contribution in [2.24, 2.45) is 0 Å². The standard InChI is InChI=1S/C15H26O4Si/c1-5-17-20(18-6-2,19-7-3)12-11-14-9-8-10-15(13-14)16-4/h8-10,13H,5-7,11-12H2,1-4H3. The minimum atomic E-state index is -2.55. The van der Waals surface area contributed by atoms with E-state index in [1.54, 1.807) is 7.11 Å². The van der Waals surface area contributed by atoms with E-state index in [2.05, 4.69) is 6.07 Å². The van der Waals surface area contributed by atoms with Crippen LogP contribution in [0, 0.1) is 0 Å². The van der Waals surface area contributed by atoms with E-state index in [9.17, 15) is 0 Å². The molecule has 0 aromatic heterocycles. The lowest BCUT2D eigenvalue weighted by molar-refractivity contribution is 0.0714. The molecule has 114 valence electrons. The number of rotatable bonds is 10. The monoisotopic (exact) mass is 298 g/mol. The molecule has 0 saturated carbocycles. The Morgan fingerprint density at radius 2 is 1.55 bits per heavy atom. The largest absolute Gasteiger partial charge is 0.501 e. The van der Waals surface area contributed by atoms with Gasteiger partial charge in [-0.15, -0.1) is 0 Å². The Morgan fingerprint density at radius 3 is 2.05 bits per heavy atom. The van der Waals surface area contributed by atoms with Crippen molar-refractivity contribution in [1.29, 1.82) is 0 Å². The second-order valence-electron chi connectivity index (χ2n) is 4.33. The lowest BCUT2D eigenvalue weighted by atomic mass is 10.2. The third-order valence-corrected chi connectivity index (χ3v) is 5.99. The summed E-state index contributed by atoms with van der Waals surface area (Å²) in [5.41, 5.74) is 1.21. The Bertz CT molecular complexity index is 367. The number of hydrogen-bond donors (Lipinski definition) is 0. The van der Waals surface area contributed by atoms with Gasteiger partial charge in [0.15, 0.2) is 0 Å². The van der Waals surface area contributed by atoms with Crippen molar-refractivity contribution in [2.45, 2.75) is 33.2 Å². The molecule has 0 spiro atoms. The molecule has 1 aromatic rings. The highest BCUT2D eigenvalue weighted by Gasteiger charge is 2.39. The third-order valence-electron chi connectivity index (χ3n) is 2.95. The van der Waals surface area contributed by atoms with E-state index in [1.807, 2.05) is 39.0 Å². The first kappa shape index (κ1) is 17.2. The van der Waals surface area contributed by atoms with Gasteiger partial charge in [0.05, 0.1) is 7.11 Å². The normalized spacial score (nSPS) is 11.6. The van der Waals surface area contributed by atoms with E-state index in [1.165, 1.54) is 5.56 Å². The molecular formula is C15H26O4Si. The summed E-state index contributed by atoms with van der Waals surface area (Å²) >= 11 is 0. The summed E-state index contributed by atoms with van der Waals surface area (Å²) in [6.45, 7) is 7.78. The molecule has 0 aliphatic carbocycles. The van der Waals surface area contributed by atoms with Gasteiger partial charge in [0, 0.05) is 25.9 Å². The van der Waals surface area contributed by atoms with Gasteiger partial charge >= 0.3 is 8.80 Å². The highest BCUT2D eigenvalue weighted by Crippen LogP contribution is 2.21. The molecule has 20 heavy (non-hydrogen) atoms. The molecule has 4 nitrogen and oxygen atoms in total. The lowest BCUT2D eigenvalue weighted by Crippen LogP contribution is -2.46. The predicted octanol–water partition coefficient (Wildman–Crippen LogP) is 3.29. The first-order chi connectivity index (χ1) is 9.69. The summed E-state index contributed by atoms with van der Waals surface area (Å²) in [5.74, 6) is 0.874. The molecule has 0 radical (unpaired) electrons. The second kappa shape index (κ2) is 9.13. The maximum Gasteiger partial charge on any atom is 0.501 e. The molecule has 1 aromatic carbocycles. The minimum absolute atomic E-state index is 0.615. The van der Waals surface area contributed by atoms with Gasteiger partial charge < -0.3 is 18.0 Å². The van der Waals surface area contributed by atoms with Crippen molar-refractivity contribution in [3.63, 3.8) is 0 Å². The van der Waals surface area contributed by atoms with Crippen molar-refractivity contribution >= 4 is 8.80 Å². The van der Waals surface area contributed by atoms with Gasteiger partial charge in [-0.2, -0.15) is 0 Å². The van der Waals surface area contributed by atoms with Crippen molar-refractivity contribution in [1.82, 2.24) is 0 Å². The van der Waals surface area contributed by atoms with Crippen LogP contribution in [0.25, 0.3) is 0 Å². The van der Waals surface area contributed by atoms with Crippen LogP contribution in [0.1, 0.15) is 26.3 Å². The van der Waals surface area contributed by atoms with Crippen molar-refractivity contribution in [3.8, 4) is 5.75 Å². The molecule has 1 rings (SSSR count). The number of methoxy groups -OCH3 is 1. The predicted molar refractivity (Wildman–Crippen MR) is 82.1 cm³/mol. The van der Waals surface area contributed by atoms with Crippen LogP contribution in [0.4, 0.5) is 0 Å². The molecule has 5 heteroatoms. The topological polar surface area (TPSA) is 36.9 Å². The first-order valence-electron chi connectivity index (χ1n) is 7.24. The summed E-state index contributed by atoms with van der Waals surface area (Å²) in [4.78, 5) is 0. The van der Waals surface area contributed by atoms with Crippen LogP contribution in [0.2, 0.25) is 6.04 Å². The molecule has 0 amide bonds. The fraction of sp³-hybridized carbons (Fsp3) is 0.600. The Morgan fingerprint density at radius 1 is 0.950 bits per heavy atom.